The quantitative estimate of drug-likeness (QED) is 0.380. The van der Waals surface area contributed by atoms with Gasteiger partial charge in [-0.15, -0.1) is 0 Å². The van der Waals surface area contributed by atoms with Gasteiger partial charge in [-0.25, -0.2) is 0 Å². The van der Waals surface area contributed by atoms with Crippen molar-refractivity contribution >= 4 is 18.7 Å². The van der Waals surface area contributed by atoms with Crippen LogP contribution in [-0.2, 0) is 4.79 Å². The van der Waals surface area contributed by atoms with Gasteiger partial charge in [0.1, 0.15) is 0 Å². The third kappa shape index (κ3) is 3.39. The fourth-order valence-electron chi connectivity index (χ4n) is 0.189. The molecule has 0 fully saturated rings. The van der Waals surface area contributed by atoms with E-state index in [2.05, 4.69) is 17.5 Å². The molecule has 0 radical (unpaired) electrons. The molecule has 0 aliphatic rings. The molecule has 2 nitrogen and oxygen atoms in total. The first-order valence-electron chi connectivity index (χ1n) is 1.88. The average molecular weight is 117 g/mol. The molecular weight excluding hydrogens is 110 g/mol. The molecule has 0 heterocycles. The van der Waals surface area contributed by atoms with Crippen LogP contribution in [0.5, 0.6) is 0 Å². The number of nitrogens with one attached hydrogen (secondary N) is 1. The van der Waals surface area contributed by atoms with Crippen molar-refractivity contribution in [2.45, 2.75) is 6.92 Å². The lowest BCUT2D eigenvalue weighted by atomic mass is 10.5. The SMILES string of the molecule is C/C=C/C(=O)NS. The molecule has 0 spiro atoms. The van der Waals surface area contributed by atoms with Gasteiger partial charge in [0.25, 0.3) is 5.91 Å². The number of hydrogen-bond donors (Lipinski definition) is 2. The standard InChI is InChI=1S/C4H7NOS/c1-2-3-4(6)5-7/h2-3,7H,1H3,(H,5,6)/b3-2+. The molecule has 0 aliphatic carbocycles. The predicted molar refractivity (Wildman–Crippen MR) is 31.9 cm³/mol. The van der Waals surface area contributed by atoms with Gasteiger partial charge in [0.2, 0.25) is 0 Å². The van der Waals surface area contributed by atoms with E-state index in [1.54, 1.807) is 13.0 Å². The second-order valence-corrected chi connectivity index (χ2v) is 1.20. The molecular formula is C4H7NOS. The Morgan fingerprint density at radius 2 is 2.43 bits per heavy atom. The van der Waals surface area contributed by atoms with E-state index < -0.39 is 0 Å². The molecule has 7 heavy (non-hydrogen) atoms. The minimum Gasteiger partial charge on any atom is -0.299 e. The number of amides is 1. The van der Waals surface area contributed by atoms with Gasteiger partial charge in [0.15, 0.2) is 0 Å². The van der Waals surface area contributed by atoms with E-state index in [-0.39, 0.29) is 5.91 Å². The highest BCUT2D eigenvalue weighted by Gasteiger charge is 1.82. The van der Waals surface area contributed by atoms with E-state index in [1.165, 1.54) is 6.08 Å². The third-order valence-corrected chi connectivity index (χ3v) is 0.649. The molecule has 0 saturated carbocycles. The lowest BCUT2D eigenvalue weighted by Crippen LogP contribution is -2.07. The minimum absolute atomic E-state index is 0.189. The average Bonchev–Trinajstić information content (AvgIpc) is 1.68. The van der Waals surface area contributed by atoms with Crippen LogP contribution in [0.25, 0.3) is 0 Å². The van der Waals surface area contributed by atoms with Crippen molar-refractivity contribution in [1.82, 2.24) is 4.72 Å². The molecule has 1 amide bonds. The van der Waals surface area contributed by atoms with Gasteiger partial charge >= 0.3 is 0 Å². The maximum Gasteiger partial charge on any atom is 0.253 e. The van der Waals surface area contributed by atoms with Gasteiger partial charge in [-0.1, -0.05) is 18.9 Å². The maximum absolute atomic E-state index is 10.1. The summed E-state index contributed by atoms with van der Waals surface area (Å²) in [6, 6.07) is 0. The van der Waals surface area contributed by atoms with E-state index >= 15 is 0 Å². The van der Waals surface area contributed by atoms with Crippen LogP contribution < -0.4 is 4.72 Å². The Morgan fingerprint density at radius 3 is 2.57 bits per heavy atom. The fraction of sp³-hybridized carbons (Fsp3) is 0.250. The molecule has 1 N–H and O–H groups in total. The summed E-state index contributed by atoms with van der Waals surface area (Å²) < 4.78 is 2.13. The van der Waals surface area contributed by atoms with E-state index in [0.717, 1.165) is 0 Å². The Kier molecular flexibility index (Phi) is 3.50. The first-order valence-corrected chi connectivity index (χ1v) is 2.32. The van der Waals surface area contributed by atoms with Crippen molar-refractivity contribution in [3.63, 3.8) is 0 Å². The van der Waals surface area contributed by atoms with Crippen molar-refractivity contribution in [2.75, 3.05) is 0 Å². The van der Waals surface area contributed by atoms with Gasteiger partial charge in [-0.05, 0) is 13.0 Å². The summed E-state index contributed by atoms with van der Waals surface area (Å²) in [6.45, 7) is 1.77. The van der Waals surface area contributed by atoms with Crippen LogP contribution >= 0.6 is 12.8 Å². The number of allylic oxidation sites excluding steroid dienone is 1. The highest BCUT2D eigenvalue weighted by atomic mass is 32.1. The minimum atomic E-state index is -0.189. The van der Waals surface area contributed by atoms with Gasteiger partial charge in [0, 0.05) is 0 Å². The first kappa shape index (κ1) is 6.56. The number of carbonyl (C=O) groups is 1. The maximum atomic E-state index is 10.1. The van der Waals surface area contributed by atoms with Gasteiger partial charge in [-0.2, -0.15) is 0 Å². The van der Waals surface area contributed by atoms with Crippen LogP contribution in [0.2, 0.25) is 0 Å². The molecule has 0 unspecified atom stereocenters. The van der Waals surface area contributed by atoms with Crippen molar-refractivity contribution in [2.24, 2.45) is 0 Å². The molecule has 0 rings (SSSR count). The molecule has 40 valence electrons. The number of thiol groups is 1. The largest absolute Gasteiger partial charge is 0.299 e. The van der Waals surface area contributed by atoms with Gasteiger partial charge in [0.05, 0.1) is 0 Å². The monoisotopic (exact) mass is 117 g/mol. The zero-order valence-corrected chi connectivity index (χ0v) is 4.90. The Hall–Kier alpha value is -0.440. The Bertz CT molecular complexity index is 89.7. The van der Waals surface area contributed by atoms with Crippen LogP contribution in [0.15, 0.2) is 12.2 Å². The summed E-state index contributed by atoms with van der Waals surface area (Å²) in [4.78, 5) is 10.1. The van der Waals surface area contributed by atoms with Crippen LogP contribution in [0, 0.1) is 0 Å². The number of carbonyl (C=O) groups excluding carboxylic acids is 1. The molecule has 0 atom stereocenters. The third-order valence-electron chi connectivity index (χ3n) is 0.428. The second kappa shape index (κ2) is 3.74. The van der Waals surface area contributed by atoms with Crippen LogP contribution in [-0.4, -0.2) is 5.91 Å². The van der Waals surface area contributed by atoms with Crippen LogP contribution in [0.4, 0.5) is 0 Å². The van der Waals surface area contributed by atoms with E-state index in [1.807, 2.05) is 0 Å². The topological polar surface area (TPSA) is 29.1 Å². The number of rotatable bonds is 1. The molecule has 0 saturated heterocycles. The molecule has 0 aromatic rings. The van der Waals surface area contributed by atoms with E-state index in [4.69, 9.17) is 0 Å². The van der Waals surface area contributed by atoms with Gasteiger partial charge in [-0.3, -0.25) is 9.52 Å². The van der Waals surface area contributed by atoms with Gasteiger partial charge < -0.3 is 0 Å². The highest BCUT2D eigenvalue weighted by Crippen LogP contribution is 1.70. The summed E-state index contributed by atoms with van der Waals surface area (Å²) in [5.74, 6) is -0.189. The summed E-state index contributed by atoms with van der Waals surface area (Å²) in [6.07, 6.45) is 3.04. The predicted octanol–water partition coefficient (Wildman–Crippen LogP) is 0.524. The Morgan fingerprint density at radius 1 is 1.86 bits per heavy atom. The van der Waals surface area contributed by atoms with Crippen LogP contribution in [0.3, 0.4) is 0 Å². The summed E-state index contributed by atoms with van der Waals surface area (Å²) in [7, 11) is 0. The molecule has 0 aliphatic heterocycles. The van der Waals surface area contributed by atoms with Crippen molar-refractivity contribution < 1.29 is 4.79 Å². The summed E-state index contributed by atoms with van der Waals surface area (Å²) >= 11 is 3.50. The summed E-state index contributed by atoms with van der Waals surface area (Å²) in [5.41, 5.74) is 0. The smallest absolute Gasteiger partial charge is 0.253 e. The molecule has 0 aromatic heterocycles. The zero-order chi connectivity index (χ0) is 5.70. The number of hydrogen-bond acceptors (Lipinski definition) is 2. The lowest BCUT2D eigenvalue weighted by molar-refractivity contribution is -0.114. The lowest BCUT2D eigenvalue weighted by Gasteiger charge is -1.82. The van der Waals surface area contributed by atoms with Crippen molar-refractivity contribution in [3.05, 3.63) is 12.2 Å². The van der Waals surface area contributed by atoms with E-state index in [0.29, 0.717) is 0 Å². The second-order valence-electron chi connectivity index (χ2n) is 0.976. The van der Waals surface area contributed by atoms with Crippen molar-refractivity contribution in [3.8, 4) is 0 Å². The van der Waals surface area contributed by atoms with E-state index in [9.17, 15) is 4.79 Å². The molecule has 0 aromatic carbocycles. The fourth-order valence-corrected chi connectivity index (χ4v) is 0.263. The van der Waals surface area contributed by atoms with Crippen LogP contribution in [0.1, 0.15) is 6.92 Å². The molecule has 0 bridgehead atoms. The molecule has 3 heteroatoms. The first-order chi connectivity index (χ1) is 3.31. The normalized spacial score (nSPS) is 9.43. The summed E-state index contributed by atoms with van der Waals surface area (Å²) in [5, 5.41) is 0. The zero-order valence-electron chi connectivity index (χ0n) is 4.01. The highest BCUT2D eigenvalue weighted by molar-refractivity contribution is 7.78. The Balaban J connectivity index is 3.37. The Labute approximate surface area is 48.1 Å². The van der Waals surface area contributed by atoms with Crippen molar-refractivity contribution in [1.29, 1.82) is 0 Å².